The molecule has 3 unspecified atom stereocenters. The molecule has 0 amide bonds. The summed E-state index contributed by atoms with van der Waals surface area (Å²) in [5.74, 6) is -1.36. The minimum Gasteiger partial charge on any atom is -0.462 e. The Morgan fingerprint density at radius 1 is 0.250 bits per heavy atom. The molecule has 19 heteroatoms. The molecule has 0 fully saturated rings. The van der Waals surface area contributed by atoms with Gasteiger partial charge < -0.3 is 33.8 Å². The summed E-state index contributed by atoms with van der Waals surface area (Å²) in [5.41, 5.74) is 0. The van der Waals surface area contributed by atoms with Crippen LogP contribution in [0.2, 0.25) is 0 Å². The largest absolute Gasteiger partial charge is 0.472 e. The molecule has 0 aromatic rings. The number of aliphatic hydroxyl groups excluding tert-OH is 1. The van der Waals surface area contributed by atoms with E-state index in [0.717, 1.165) is 102 Å². The zero-order valence-corrected chi connectivity index (χ0v) is 75.6. The first-order valence-corrected chi connectivity index (χ1v) is 51.2. The molecule has 0 aromatic heterocycles. The quantitative estimate of drug-likeness (QED) is 0.0222. The number of esters is 4. The van der Waals surface area contributed by atoms with Crippen molar-refractivity contribution in [2.24, 2.45) is 5.92 Å². The fourth-order valence-corrected chi connectivity index (χ4v) is 16.3. The molecule has 6 atom stereocenters. The van der Waals surface area contributed by atoms with Crippen LogP contribution in [0.5, 0.6) is 0 Å². The SMILES string of the molecule is CCCCCCCCCCCCCCCCCCCCCCCCC(=O)O[C@H](COC(=O)CCCCCCCCCCCCCCCCCCCCCC)COP(=O)(O)OC[C@@H](O)COP(=O)(O)OC[C@@H](COC(=O)CCCCCCCCC(C)CC)OC(=O)CCCCCCCCCCCCCCCCCCCCCC. The van der Waals surface area contributed by atoms with Crippen molar-refractivity contribution < 1.29 is 80.2 Å². The third kappa shape index (κ3) is 84.5. The Morgan fingerprint density at radius 2 is 0.429 bits per heavy atom. The summed E-state index contributed by atoms with van der Waals surface area (Å²) in [6.07, 6.45) is 82.3. The molecule has 0 aliphatic heterocycles. The van der Waals surface area contributed by atoms with Gasteiger partial charge in [0.25, 0.3) is 0 Å². The summed E-state index contributed by atoms with van der Waals surface area (Å²) >= 11 is 0. The van der Waals surface area contributed by atoms with Crippen molar-refractivity contribution in [1.29, 1.82) is 0 Å². The number of rotatable bonds is 93. The zero-order chi connectivity index (χ0) is 81.8. The fourth-order valence-electron chi connectivity index (χ4n) is 14.7. The van der Waals surface area contributed by atoms with Crippen molar-refractivity contribution in [1.82, 2.24) is 0 Å². The molecule has 17 nitrogen and oxygen atoms in total. The lowest BCUT2D eigenvalue weighted by molar-refractivity contribution is -0.161. The lowest BCUT2D eigenvalue weighted by Gasteiger charge is -2.21. The highest BCUT2D eigenvalue weighted by Crippen LogP contribution is 2.45. The Morgan fingerprint density at radius 3 is 0.634 bits per heavy atom. The molecule has 3 N–H and O–H groups in total. The van der Waals surface area contributed by atoms with Gasteiger partial charge >= 0.3 is 39.5 Å². The average Bonchev–Trinajstić information content (AvgIpc) is 0.898. The minimum absolute atomic E-state index is 0.108. The van der Waals surface area contributed by atoms with Crippen molar-refractivity contribution in [3.63, 3.8) is 0 Å². The molecule has 0 bridgehead atoms. The molecule has 0 aromatic carbocycles. The fraction of sp³-hybridized carbons (Fsp3) is 0.957. The molecule has 666 valence electrons. The predicted octanol–water partition coefficient (Wildman–Crippen LogP) is 29.1. The van der Waals surface area contributed by atoms with Crippen LogP contribution in [-0.4, -0.2) is 96.7 Å². The van der Waals surface area contributed by atoms with E-state index in [1.807, 2.05) is 0 Å². The Balaban J connectivity index is 5.21. The number of ether oxygens (including phenoxy) is 4. The third-order valence-electron chi connectivity index (χ3n) is 22.4. The smallest absolute Gasteiger partial charge is 0.462 e. The van der Waals surface area contributed by atoms with Crippen LogP contribution in [0.25, 0.3) is 0 Å². The maximum absolute atomic E-state index is 13.2. The van der Waals surface area contributed by atoms with Crippen LogP contribution in [0.15, 0.2) is 0 Å². The van der Waals surface area contributed by atoms with E-state index in [2.05, 4.69) is 34.6 Å². The molecule has 0 rings (SSSR count). The monoisotopic (exact) mass is 1630 g/mol. The number of phosphoric acid groups is 2. The van der Waals surface area contributed by atoms with E-state index in [0.29, 0.717) is 25.7 Å². The van der Waals surface area contributed by atoms with Gasteiger partial charge in [0.1, 0.15) is 19.3 Å². The van der Waals surface area contributed by atoms with Gasteiger partial charge in [-0.25, -0.2) is 9.13 Å². The molecule has 0 aliphatic carbocycles. The lowest BCUT2D eigenvalue weighted by Crippen LogP contribution is -2.30. The van der Waals surface area contributed by atoms with Gasteiger partial charge in [-0.1, -0.05) is 458 Å². The van der Waals surface area contributed by atoms with E-state index in [4.69, 9.17) is 37.0 Å². The second-order valence-electron chi connectivity index (χ2n) is 33.6. The summed E-state index contributed by atoms with van der Waals surface area (Å²) in [6.45, 7) is 7.36. The first-order chi connectivity index (χ1) is 54.6. The van der Waals surface area contributed by atoms with E-state index in [-0.39, 0.29) is 25.7 Å². The van der Waals surface area contributed by atoms with Crippen LogP contribution >= 0.6 is 15.6 Å². The number of hydrogen-bond donors (Lipinski definition) is 3. The molecule has 0 radical (unpaired) electrons. The second-order valence-corrected chi connectivity index (χ2v) is 36.6. The topological polar surface area (TPSA) is 237 Å². The van der Waals surface area contributed by atoms with Crippen molar-refractivity contribution in [2.45, 2.75) is 528 Å². The number of carbonyl (C=O) groups is 4. The van der Waals surface area contributed by atoms with Gasteiger partial charge in [-0.05, 0) is 31.6 Å². The van der Waals surface area contributed by atoms with E-state index in [9.17, 15) is 43.2 Å². The van der Waals surface area contributed by atoms with Gasteiger partial charge in [-0.2, -0.15) is 0 Å². The second kappa shape index (κ2) is 85.5. The number of aliphatic hydroxyl groups is 1. The maximum Gasteiger partial charge on any atom is 0.472 e. The number of unbranched alkanes of at least 4 members (excludes halogenated alkanes) is 64. The number of hydrogen-bond acceptors (Lipinski definition) is 15. The molecule has 0 saturated carbocycles. The Kier molecular flexibility index (Phi) is 84.0. The van der Waals surface area contributed by atoms with Gasteiger partial charge in [0.05, 0.1) is 26.4 Å². The summed E-state index contributed by atoms with van der Waals surface area (Å²) in [7, 11) is -9.94. The molecule has 0 spiro atoms. The standard InChI is InChI=1S/C93H182O17P2/c1-6-10-13-16-19-22-25-28-31-34-37-40-41-44-47-50-53-56-59-62-68-73-78-92(97)109-88(82-103-90(95)76-71-66-60-57-54-51-48-45-42-38-35-32-29-26-23-20-17-14-11-7-2)84-107-111(99,100)105-80-87(94)81-106-112(101,102)108-85-89(83-104-91(96)77-72-67-64-63-65-70-75-86(5)9-4)110-93(98)79-74-69-61-58-55-52-49-46-43-39-36-33-30-27-24-21-18-15-12-8-3/h86-89,94H,6-85H2,1-5H3,(H,99,100)(H,101,102)/t86?,87-,88-,89-/m1/s1. The zero-order valence-electron chi connectivity index (χ0n) is 73.8. The van der Waals surface area contributed by atoms with Crippen LogP contribution in [0.3, 0.4) is 0 Å². The first kappa shape index (κ1) is 110. The van der Waals surface area contributed by atoms with E-state index >= 15 is 0 Å². The highest BCUT2D eigenvalue weighted by molar-refractivity contribution is 7.47. The third-order valence-corrected chi connectivity index (χ3v) is 24.3. The van der Waals surface area contributed by atoms with Crippen LogP contribution in [0, 0.1) is 5.92 Å². The van der Waals surface area contributed by atoms with Gasteiger partial charge in [-0.15, -0.1) is 0 Å². The lowest BCUT2D eigenvalue weighted by atomic mass is 10.00. The predicted molar refractivity (Wildman–Crippen MR) is 465 cm³/mol. The maximum atomic E-state index is 13.2. The van der Waals surface area contributed by atoms with E-state index in [1.165, 1.54) is 327 Å². The number of carbonyl (C=O) groups excluding carboxylic acids is 4. The van der Waals surface area contributed by atoms with Gasteiger partial charge in [0.2, 0.25) is 0 Å². The van der Waals surface area contributed by atoms with Crippen LogP contribution in [-0.2, 0) is 65.4 Å². The summed E-state index contributed by atoms with van der Waals surface area (Å²) in [4.78, 5) is 73.4. The minimum atomic E-state index is -4.97. The Bertz CT molecular complexity index is 2120. The molecular formula is C93H182O17P2. The first-order valence-electron chi connectivity index (χ1n) is 48.2. The van der Waals surface area contributed by atoms with E-state index < -0.39 is 97.5 Å². The highest BCUT2D eigenvalue weighted by atomic mass is 31.2. The molecule has 0 saturated heterocycles. The van der Waals surface area contributed by atoms with Crippen LogP contribution in [0.1, 0.15) is 510 Å². The average molecular weight is 1630 g/mol. The van der Waals surface area contributed by atoms with Crippen molar-refractivity contribution in [2.75, 3.05) is 39.6 Å². The molecule has 0 heterocycles. The molecular weight excluding hydrogens is 1450 g/mol. The highest BCUT2D eigenvalue weighted by Gasteiger charge is 2.31. The van der Waals surface area contributed by atoms with Crippen molar-refractivity contribution in [3.05, 3.63) is 0 Å². The van der Waals surface area contributed by atoms with Crippen molar-refractivity contribution in [3.8, 4) is 0 Å². The van der Waals surface area contributed by atoms with Gasteiger partial charge in [-0.3, -0.25) is 37.3 Å². The van der Waals surface area contributed by atoms with E-state index in [1.54, 1.807) is 0 Å². The number of phosphoric ester groups is 2. The molecule has 0 aliphatic rings. The summed E-state index contributed by atoms with van der Waals surface area (Å²) in [5, 5.41) is 10.7. The van der Waals surface area contributed by atoms with Crippen molar-refractivity contribution >= 4 is 39.5 Å². The summed E-state index contributed by atoms with van der Waals surface area (Å²) < 4.78 is 69.1. The normalized spacial score (nSPS) is 13.9. The van der Waals surface area contributed by atoms with Gasteiger partial charge in [0.15, 0.2) is 12.2 Å². The van der Waals surface area contributed by atoms with Crippen LogP contribution < -0.4 is 0 Å². The summed E-state index contributed by atoms with van der Waals surface area (Å²) in [6, 6.07) is 0. The Hall–Kier alpha value is -1.94. The van der Waals surface area contributed by atoms with Gasteiger partial charge in [0, 0.05) is 25.7 Å². The Labute approximate surface area is 689 Å². The van der Waals surface area contributed by atoms with Crippen LogP contribution in [0.4, 0.5) is 0 Å². The molecule has 112 heavy (non-hydrogen) atoms.